The zero-order chi connectivity index (χ0) is 10.7. The van der Waals surface area contributed by atoms with E-state index in [9.17, 15) is 0 Å². The van der Waals surface area contributed by atoms with E-state index in [0.717, 1.165) is 0 Å². The topological polar surface area (TPSA) is 208 Å². The summed E-state index contributed by atoms with van der Waals surface area (Å²) in [6.07, 6.45) is 0. The molecule has 14 heteroatoms. The molecule has 0 aliphatic carbocycles. The SMILES string of the molecule is [Ca+2].[ClH2+].[O-][Cl+2]([O-])[O-].[O-][Cl+2]([O-])[O-].[O-][Cl+2]([O-])[O-]. The van der Waals surface area contributed by atoms with Crippen molar-refractivity contribution in [3.05, 3.63) is 0 Å². The molecule has 0 aromatic heterocycles. The smallest absolute Gasteiger partial charge is 0.357 e. The Labute approximate surface area is 123 Å². The van der Waals surface area contributed by atoms with E-state index in [1.54, 1.807) is 0 Å². The molecule has 0 radical (unpaired) electrons. The summed E-state index contributed by atoms with van der Waals surface area (Å²) in [6, 6.07) is 0. The number of halogens is 4. The Kier molecular flexibility index (Phi) is 51.8. The van der Waals surface area contributed by atoms with Gasteiger partial charge in [0.15, 0.2) is 0 Å². The molecule has 0 heterocycles. The van der Waals surface area contributed by atoms with Crippen LogP contribution in [0.25, 0.3) is 0 Å². The van der Waals surface area contributed by atoms with Crippen molar-refractivity contribution in [1.82, 2.24) is 0 Å². The maximum atomic E-state index is 8.41. The third kappa shape index (κ3) is 565. The summed E-state index contributed by atoms with van der Waals surface area (Å²) < 4.78 is 75.7. The van der Waals surface area contributed by atoms with Gasteiger partial charge in [-0.3, -0.25) is 0 Å². The van der Waals surface area contributed by atoms with Crippen LogP contribution < -0.4 is 41.9 Å². The molecule has 86 valence electrons. The van der Waals surface area contributed by atoms with Crippen LogP contribution in [-0.2, 0) is 0 Å². The van der Waals surface area contributed by atoms with E-state index in [-0.39, 0.29) is 50.1 Å². The average Bonchev–Trinajstić information content (AvgIpc) is 1.54. The standard InChI is InChI=1S/Ca.3ClO3.ClH2/c;3*2-1(3)4;/h;;;;1H2/q+2;3*-1;+1. The van der Waals surface area contributed by atoms with Crippen molar-refractivity contribution >= 4 is 37.7 Å². The van der Waals surface area contributed by atoms with E-state index in [1.807, 2.05) is 0 Å². The van der Waals surface area contributed by atoms with Crippen molar-refractivity contribution in [2.24, 2.45) is 0 Å². The molecule has 14 heavy (non-hydrogen) atoms. The first-order chi connectivity index (χ1) is 5.20. The maximum absolute atomic E-state index is 8.41. The third-order valence-electron chi connectivity index (χ3n) is 0. The van der Waals surface area contributed by atoms with Gasteiger partial charge in [-0.2, -0.15) is 0 Å². The summed E-state index contributed by atoms with van der Waals surface area (Å²) in [6.45, 7) is 0. The fourth-order valence-corrected chi connectivity index (χ4v) is 0. The molecule has 0 saturated carbocycles. The molecule has 0 aromatic carbocycles. The zero-order valence-corrected chi connectivity index (χ0v) is 11.3. The van der Waals surface area contributed by atoms with E-state index in [2.05, 4.69) is 0 Å². The van der Waals surface area contributed by atoms with Gasteiger partial charge in [-0.1, -0.05) is 0 Å². The Morgan fingerprint density at radius 1 is 0.429 bits per heavy atom. The van der Waals surface area contributed by atoms with Crippen LogP contribution in [0, 0.1) is 44.8 Å². The molecular formula is H2CaCl4O9. The second-order valence-corrected chi connectivity index (χ2v) is 1.70. The molecule has 0 fully saturated rings. The largest absolute Gasteiger partial charge is 2.00 e. The molecule has 0 amide bonds. The van der Waals surface area contributed by atoms with Crippen molar-refractivity contribution < 1.29 is 86.7 Å². The van der Waals surface area contributed by atoms with Crippen LogP contribution in [0.3, 0.4) is 0 Å². The Balaban J connectivity index is -0.0000000270. The molecule has 0 aromatic rings. The van der Waals surface area contributed by atoms with Gasteiger partial charge in [-0.05, 0) is 0 Å². The molecule has 0 saturated heterocycles. The van der Waals surface area contributed by atoms with Gasteiger partial charge in [0, 0.05) is 0 Å². The second-order valence-electron chi connectivity index (χ2n) is 0.567. The van der Waals surface area contributed by atoms with Crippen LogP contribution in [0.1, 0.15) is 0 Å². The van der Waals surface area contributed by atoms with E-state index < -0.39 is 32.4 Å². The Hall–Kier alpha value is 2.06. The van der Waals surface area contributed by atoms with Gasteiger partial charge < -0.3 is 41.9 Å². The van der Waals surface area contributed by atoms with Crippen LogP contribution in [0.2, 0.25) is 0 Å². The van der Waals surface area contributed by atoms with Crippen molar-refractivity contribution in [2.75, 3.05) is 0 Å². The summed E-state index contributed by atoms with van der Waals surface area (Å²) in [5, 5.41) is 0. The Morgan fingerprint density at radius 3 is 0.429 bits per heavy atom. The molecule has 9 nitrogen and oxygen atoms in total. The molecule has 0 aliphatic rings. The molecule has 0 aliphatic heterocycles. The van der Waals surface area contributed by atoms with Gasteiger partial charge >= 0.3 is 37.7 Å². The number of hydrogen-bond acceptors (Lipinski definition) is 9. The van der Waals surface area contributed by atoms with Gasteiger partial charge in [-0.15, -0.1) is 0 Å². The van der Waals surface area contributed by atoms with Gasteiger partial charge in [0.05, 0.1) is 44.8 Å². The number of rotatable bonds is 0. The fourth-order valence-electron chi connectivity index (χ4n) is 0. The van der Waals surface area contributed by atoms with Gasteiger partial charge in [0.25, 0.3) is 0 Å². The Morgan fingerprint density at radius 2 is 0.429 bits per heavy atom. The molecule has 0 unspecified atom stereocenters. The molecular weight excluding hydrogens is 326 g/mol. The van der Waals surface area contributed by atoms with Gasteiger partial charge in [-0.25, -0.2) is 0 Å². The minimum atomic E-state index is -2.85. The fraction of sp³-hybridized carbons (Fsp3) is 0. The first-order valence-corrected chi connectivity index (χ1v) is 4.17. The van der Waals surface area contributed by atoms with E-state index in [0.29, 0.717) is 0 Å². The van der Waals surface area contributed by atoms with Gasteiger partial charge in [0.2, 0.25) is 0 Å². The quantitative estimate of drug-likeness (QED) is 0.386. The average molecular weight is 328 g/mol. The minimum Gasteiger partial charge on any atom is -0.357 e. The van der Waals surface area contributed by atoms with Crippen LogP contribution in [-0.4, -0.2) is 37.7 Å². The summed E-state index contributed by atoms with van der Waals surface area (Å²) in [5.74, 6) is 0. The van der Waals surface area contributed by atoms with Crippen molar-refractivity contribution in [2.45, 2.75) is 0 Å². The van der Waals surface area contributed by atoms with E-state index in [1.165, 1.54) is 0 Å². The second kappa shape index (κ2) is 24.3. The molecule has 0 spiro atoms. The first-order valence-electron chi connectivity index (χ1n) is 1.39. The van der Waals surface area contributed by atoms with E-state index >= 15 is 0 Å². The monoisotopic (exact) mass is 326 g/mol. The summed E-state index contributed by atoms with van der Waals surface area (Å²) in [7, 11) is -8.56. The molecule has 0 N–H and O–H groups in total. The Bertz CT molecular complexity index is 45.3. The van der Waals surface area contributed by atoms with Crippen molar-refractivity contribution in [1.29, 1.82) is 0 Å². The summed E-state index contributed by atoms with van der Waals surface area (Å²) in [4.78, 5) is 0. The van der Waals surface area contributed by atoms with Crippen LogP contribution in [0.4, 0.5) is 0 Å². The summed E-state index contributed by atoms with van der Waals surface area (Å²) in [5.41, 5.74) is 0. The first kappa shape index (κ1) is 29.8. The van der Waals surface area contributed by atoms with Crippen LogP contribution >= 0.6 is 0 Å². The van der Waals surface area contributed by atoms with Crippen LogP contribution in [0.15, 0.2) is 0 Å². The minimum absolute atomic E-state index is 0. The molecule has 0 rings (SSSR count). The zero-order valence-electron chi connectivity index (χ0n) is 5.96. The maximum Gasteiger partial charge on any atom is 2.00 e. The third-order valence-corrected chi connectivity index (χ3v) is 0. The number of hydrogen-bond donors (Lipinski definition) is 0. The predicted molar refractivity (Wildman–Crippen MR) is 8.54 cm³/mol. The predicted octanol–water partition coefficient (Wildman–Crippen LogP) is -11.6. The van der Waals surface area contributed by atoms with Crippen LogP contribution in [0.5, 0.6) is 0 Å². The molecule has 0 bridgehead atoms. The molecule has 0 atom stereocenters. The van der Waals surface area contributed by atoms with E-state index in [4.69, 9.17) is 41.9 Å². The van der Waals surface area contributed by atoms with Crippen molar-refractivity contribution in [3.8, 4) is 0 Å². The normalized spacial score (nSPS) is 7.71. The van der Waals surface area contributed by atoms with Gasteiger partial charge in [0.1, 0.15) is 0 Å². The van der Waals surface area contributed by atoms with Crippen molar-refractivity contribution in [3.63, 3.8) is 0 Å². The summed E-state index contributed by atoms with van der Waals surface area (Å²) >= 11 is 0.